The van der Waals surface area contributed by atoms with Gasteiger partial charge in [0.05, 0.1) is 12.5 Å². The van der Waals surface area contributed by atoms with Gasteiger partial charge in [-0.2, -0.15) is 27.4 Å². The van der Waals surface area contributed by atoms with Gasteiger partial charge < -0.3 is 0 Å². The molecule has 0 amide bonds. The smallest absolute Gasteiger partial charge is 0.198 e. The molecule has 0 saturated carbocycles. The number of nitrogens with zero attached hydrogens (tertiary/aromatic N) is 1. The highest BCUT2D eigenvalue weighted by Gasteiger charge is 1.80. The zero-order valence-electron chi connectivity index (χ0n) is 5.27. The molecule has 0 bridgehead atoms. The third-order valence-corrected chi connectivity index (χ3v) is 0.236. The molecule has 1 nitrogen and oxygen atoms in total. The van der Waals surface area contributed by atoms with Crippen LogP contribution in [0.15, 0.2) is 12.7 Å². The fraction of sp³-hybridized carbons (Fsp3) is 0.400. The van der Waals surface area contributed by atoms with E-state index in [0.717, 1.165) is 0 Å². The van der Waals surface area contributed by atoms with Gasteiger partial charge in [0.25, 0.3) is 0 Å². The number of nitriles is 1. The topological polar surface area (TPSA) is 23.8 Å². The lowest BCUT2D eigenvalue weighted by atomic mass is 10.5. The van der Waals surface area contributed by atoms with Crippen LogP contribution in [0, 0.1) is 11.3 Å². The lowest BCUT2D eigenvalue weighted by Crippen LogP contribution is -1.72. The maximum absolute atomic E-state index is 7.74. The summed E-state index contributed by atoms with van der Waals surface area (Å²) >= 11 is 10.4. The van der Waals surface area contributed by atoms with Crippen molar-refractivity contribution in [1.29, 1.82) is 5.26 Å². The van der Waals surface area contributed by atoms with Crippen molar-refractivity contribution in [2.24, 2.45) is 0 Å². The summed E-state index contributed by atoms with van der Waals surface area (Å²) in [6.07, 6.45) is 2.03. The van der Waals surface area contributed by atoms with E-state index in [4.69, 9.17) is 27.4 Å². The molecule has 0 aliphatic rings. The Morgan fingerprint density at radius 2 is 2.11 bits per heavy atom. The van der Waals surface area contributed by atoms with E-state index in [-0.39, 0.29) is 0 Å². The first-order chi connectivity index (χ1) is 4.15. The fourth-order valence-electron chi connectivity index (χ4n) is 0.0645. The minimum atomic E-state index is -1.19. The number of rotatable bonds is 1. The first-order valence-electron chi connectivity index (χ1n) is 2.41. The van der Waals surface area contributed by atoms with E-state index < -0.39 is 7.42 Å². The summed E-state index contributed by atoms with van der Waals surface area (Å²) in [5.41, 5.74) is 0. The normalized spacial score (nSPS) is 7.00. The van der Waals surface area contributed by atoms with E-state index in [1.807, 2.05) is 12.6 Å². The molecular weight excluding hydrogens is 173 g/mol. The van der Waals surface area contributed by atoms with Gasteiger partial charge in [-0.1, -0.05) is 6.08 Å². The lowest BCUT2D eigenvalue weighted by Gasteiger charge is -1.68. The highest BCUT2D eigenvalue weighted by Crippen LogP contribution is 1.89. The average Bonchev–Trinajstić information content (AvgIpc) is 1.66. The molecule has 52 valence electrons. The zero-order chi connectivity index (χ0) is 7.70. The van der Waals surface area contributed by atoms with Crippen molar-refractivity contribution >= 4 is 29.6 Å². The van der Waals surface area contributed by atoms with Gasteiger partial charge in [-0.05, 0) is 6.55 Å². The number of hydrogen-bond acceptors (Lipinski definition) is 1. The molecule has 0 aliphatic heterocycles. The van der Waals surface area contributed by atoms with E-state index in [1.165, 1.54) is 0 Å². The summed E-state index contributed by atoms with van der Waals surface area (Å²) in [5, 5.41) is 7.74. The average molecular weight is 182 g/mol. The summed E-state index contributed by atoms with van der Waals surface area (Å²) in [7, 11) is -1.19. The van der Waals surface area contributed by atoms with Gasteiger partial charge in [-0.3, -0.25) is 0 Å². The fourth-order valence-corrected chi connectivity index (χ4v) is 0.0645. The van der Waals surface area contributed by atoms with Gasteiger partial charge in [0, 0.05) is 0 Å². The Morgan fingerprint density at radius 1 is 1.78 bits per heavy atom. The second-order valence-corrected chi connectivity index (χ2v) is 6.81. The molecule has 0 atom stereocenters. The van der Waals surface area contributed by atoms with Crippen molar-refractivity contribution < 1.29 is 0 Å². The summed E-state index contributed by atoms with van der Waals surface area (Å²) in [6.45, 7) is 5.16. The Hall–Kier alpha value is 0.0269. The van der Waals surface area contributed by atoms with Crippen LogP contribution in [-0.4, -0.2) is 7.42 Å². The van der Waals surface area contributed by atoms with Gasteiger partial charge in [-0.15, -0.1) is 6.58 Å². The first-order valence-corrected chi connectivity index (χ1v) is 7.05. The quantitative estimate of drug-likeness (QED) is 0.347. The monoisotopic (exact) mass is 181 g/mol. The van der Waals surface area contributed by atoms with Crippen LogP contribution in [0.25, 0.3) is 0 Å². The maximum atomic E-state index is 7.74. The number of halogens is 2. The van der Waals surface area contributed by atoms with Crippen LogP contribution in [0.5, 0.6) is 0 Å². The zero-order valence-corrected chi connectivity index (χ0v) is 7.94. The molecule has 0 aromatic heterocycles. The van der Waals surface area contributed by atoms with E-state index in [2.05, 4.69) is 6.58 Å². The standard InChI is InChI=1S/C4H5N.CH4Cl2Si/c1-2-3-4-5;1-4(2)3/h2H,1,3H2;4H,1H3. The Kier molecular flexibility index (Phi) is 14.3. The lowest BCUT2D eigenvalue weighted by molar-refractivity contribution is 1.36. The first kappa shape index (κ1) is 11.8. The predicted molar refractivity (Wildman–Crippen MR) is 45.1 cm³/mol. The molecule has 0 aromatic carbocycles. The van der Waals surface area contributed by atoms with Crippen LogP contribution in [0.4, 0.5) is 0 Å². The number of hydrogen-bond donors (Lipinski definition) is 0. The highest BCUT2D eigenvalue weighted by atomic mass is 35.7. The molecule has 0 radical (unpaired) electrons. The molecule has 0 fully saturated rings. The van der Waals surface area contributed by atoms with Crippen molar-refractivity contribution in [3.8, 4) is 6.07 Å². The Balaban J connectivity index is 0. The summed E-state index contributed by atoms with van der Waals surface area (Å²) in [5.74, 6) is 0. The molecule has 0 N–H and O–H groups in total. The molecule has 0 heterocycles. The second-order valence-electron chi connectivity index (χ2n) is 1.17. The molecule has 0 aromatic rings. The van der Waals surface area contributed by atoms with Crippen LogP contribution in [0.1, 0.15) is 6.42 Å². The van der Waals surface area contributed by atoms with E-state index in [0.29, 0.717) is 6.42 Å². The molecule has 0 rings (SSSR count). The molecule has 9 heavy (non-hydrogen) atoms. The van der Waals surface area contributed by atoms with Crippen LogP contribution >= 0.6 is 22.2 Å². The Bertz CT molecular complexity index is 94.9. The van der Waals surface area contributed by atoms with E-state index >= 15 is 0 Å². The van der Waals surface area contributed by atoms with E-state index in [1.54, 1.807) is 6.08 Å². The van der Waals surface area contributed by atoms with Crippen LogP contribution in [-0.2, 0) is 0 Å². The maximum Gasteiger partial charge on any atom is 0.234 e. The van der Waals surface area contributed by atoms with Gasteiger partial charge >= 0.3 is 0 Å². The summed E-state index contributed by atoms with van der Waals surface area (Å²) in [6, 6.07) is 1.90. The van der Waals surface area contributed by atoms with Gasteiger partial charge in [-0.25, -0.2) is 0 Å². The van der Waals surface area contributed by atoms with Crippen LogP contribution < -0.4 is 0 Å². The van der Waals surface area contributed by atoms with Gasteiger partial charge in [0.15, 0.2) is 0 Å². The van der Waals surface area contributed by atoms with Gasteiger partial charge in [0.2, 0.25) is 7.42 Å². The van der Waals surface area contributed by atoms with Crippen LogP contribution in [0.3, 0.4) is 0 Å². The molecule has 0 aliphatic carbocycles. The minimum Gasteiger partial charge on any atom is -0.198 e. The molecular formula is C5H9Cl2NSi. The van der Waals surface area contributed by atoms with Crippen molar-refractivity contribution in [3.05, 3.63) is 12.7 Å². The summed E-state index contributed by atoms with van der Waals surface area (Å²) < 4.78 is 0. The Morgan fingerprint density at radius 3 is 2.11 bits per heavy atom. The van der Waals surface area contributed by atoms with Crippen molar-refractivity contribution in [2.45, 2.75) is 13.0 Å². The van der Waals surface area contributed by atoms with Crippen molar-refractivity contribution in [3.63, 3.8) is 0 Å². The van der Waals surface area contributed by atoms with Crippen LogP contribution in [0.2, 0.25) is 6.55 Å². The van der Waals surface area contributed by atoms with E-state index in [9.17, 15) is 0 Å². The van der Waals surface area contributed by atoms with Gasteiger partial charge in [0.1, 0.15) is 0 Å². The Labute approximate surface area is 66.9 Å². The largest absolute Gasteiger partial charge is 0.234 e. The number of allylic oxidation sites excluding steroid dienone is 1. The SMILES string of the molecule is C=CCC#N.C[SiH](Cl)Cl. The molecule has 4 heteroatoms. The van der Waals surface area contributed by atoms with Crippen molar-refractivity contribution in [1.82, 2.24) is 0 Å². The molecule has 0 unspecified atom stereocenters. The minimum absolute atomic E-state index is 0.458. The highest BCUT2D eigenvalue weighted by molar-refractivity contribution is 7.33. The third kappa shape index (κ3) is 71.0. The second kappa shape index (κ2) is 10.9. The third-order valence-electron chi connectivity index (χ3n) is 0.236. The molecule has 0 saturated heterocycles. The summed E-state index contributed by atoms with van der Waals surface area (Å²) in [4.78, 5) is 0. The predicted octanol–water partition coefficient (Wildman–Crippen LogP) is 2.40. The van der Waals surface area contributed by atoms with Crippen molar-refractivity contribution in [2.75, 3.05) is 0 Å². The molecule has 0 spiro atoms.